The smallest absolute Gasteiger partial charge is 0.417 e. The summed E-state index contributed by atoms with van der Waals surface area (Å²) in [5.41, 5.74) is -0.0305. The molecule has 0 aromatic heterocycles. The van der Waals surface area contributed by atoms with Crippen molar-refractivity contribution in [3.05, 3.63) is 11.6 Å². The van der Waals surface area contributed by atoms with Crippen LogP contribution in [0, 0.1) is 0 Å². The summed E-state index contributed by atoms with van der Waals surface area (Å²) in [6.07, 6.45) is 0.194. The van der Waals surface area contributed by atoms with Crippen molar-refractivity contribution in [2.24, 2.45) is 0 Å². The fraction of sp³-hybridized carbons (Fsp3) is 0.706. The third-order valence-corrected chi connectivity index (χ3v) is 2.92. The number of hydrogen-bond acceptors (Lipinski definition) is 7. The molecule has 0 rings (SSSR count). The Kier molecular flexibility index (Phi) is 11.5. The van der Waals surface area contributed by atoms with Crippen molar-refractivity contribution < 1.29 is 33.3 Å². The minimum Gasteiger partial charge on any atom is -0.466 e. The van der Waals surface area contributed by atoms with Crippen LogP contribution in [0.4, 0.5) is 4.79 Å². The zero-order chi connectivity index (χ0) is 19.4. The number of carbonyl (C=O) groups is 3. The van der Waals surface area contributed by atoms with Crippen LogP contribution in [0.5, 0.6) is 0 Å². The molecule has 0 spiro atoms. The predicted molar refractivity (Wildman–Crippen MR) is 91.0 cm³/mol. The van der Waals surface area contributed by atoms with E-state index in [1.807, 2.05) is 27.7 Å². The summed E-state index contributed by atoms with van der Waals surface area (Å²) >= 11 is 0. The molecule has 0 atom stereocenters. The van der Waals surface area contributed by atoms with Gasteiger partial charge in [-0.1, -0.05) is 0 Å². The topological polar surface area (TPSA) is 91.4 Å². The Hall–Kier alpha value is -1.93. The van der Waals surface area contributed by atoms with Crippen molar-refractivity contribution in [3.8, 4) is 0 Å². The van der Waals surface area contributed by atoms with Crippen LogP contribution in [0.3, 0.4) is 0 Å². The molecule has 1 amide bonds. The molecular weight excluding hydrogens is 330 g/mol. The van der Waals surface area contributed by atoms with Crippen LogP contribution in [-0.4, -0.2) is 68.6 Å². The molecule has 0 N–H and O–H groups in total. The number of esters is 2. The Balaban J connectivity index is 4.73. The molecule has 0 bridgehead atoms. The van der Waals surface area contributed by atoms with Gasteiger partial charge in [0.15, 0.2) is 0 Å². The number of nitrogens with zero attached hydrogens (tertiary/aromatic N) is 1. The van der Waals surface area contributed by atoms with E-state index < -0.39 is 18.0 Å². The molecule has 8 nitrogen and oxygen atoms in total. The van der Waals surface area contributed by atoms with Crippen molar-refractivity contribution in [2.75, 3.05) is 33.4 Å². The normalized spacial score (nSPS) is 11.6. The van der Waals surface area contributed by atoms with Gasteiger partial charge in [0, 0.05) is 24.7 Å². The highest BCUT2D eigenvalue weighted by Crippen LogP contribution is 2.03. The van der Waals surface area contributed by atoms with E-state index in [2.05, 4.69) is 4.74 Å². The average molecular weight is 359 g/mol. The lowest BCUT2D eigenvalue weighted by Gasteiger charge is -2.22. The monoisotopic (exact) mass is 359 g/mol. The fourth-order valence-electron chi connectivity index (χ4n) is 1.61. The average Bonchev–Trinajstić information content (AvgIpc) is 2.52. The quantitative estimate of drug-likeness (QED) is 0.334. The number of ether oxygens (including phenoxy) is 4. The molecule has 8 heteroatoms. The molecule has 0 aliphatic heterocycles. The Morgan fingerprint density at radius 3 is 1.84 bits per heavy atom. The van der Waals surface area contributed by atoms with Gasteiger partial charge in [0.1, 0.15) is 0 Å². The second-order valence-electron chi connectivity index (χ2n) is 5.83. The van der Waals surface area contributed by atoms with E-state index in [1.165, 1.54) is 18.9 Å². The predicted octanol–water partition coefficient (Wildman–Crippen LogP) is 1.92. The van der Waals surface area contributed by atoms with Crippen LogP contribution in [0.25, 0.3) is 0 Å². The van der Waals surface area contributed by atoms with Gasteiger partial charge in [-0.3, -0.25) is 0 Å². The summed E-state index contributed by atoms with van der Waals surface area (Å²) in [5, 5.41) is 0. The van der Waals surface area contributed by atoms with Crippen LogP contribution in [0.15, 0.2) is 11.6 Å². The standard InChI is InChI=1S/C17H29NO7/c1-12(2)23-9-7-18(8-10-24-13(3)4)17(21)25-16(20)14(5)11-15(19)22-6/h11-13H,7-10H2,1-6H3/b14-11+. The molecule has 0 saturated heterocycles. The third kappa shape index (κ3) is 11.3. The molecule has 0 aromatic carbocycles. The second-order valence-corrected chi connectivity index (χ2v) is 5.83. The van der Waals surface area contributed by atoms with E-state index in [9.17, 15) is 14.4 Å². The van der Waals surface area contributed by atoms with Gasteiger partial charge in [-0.25, -0.2) is 14.4 Å². The lowest BCUT2D eigenvalue weighted by molar-refractivity contribution is -0.137. The van der Waals surface area contributed by atoms with Gasteiger partial charge in [0.25, 0.3) is 0 Å². The van der Waals surface area contributed by atoms with Crippen molar-refractivity contribution in [2.45, 2.75) is 46.8 Å². The number of hydrogen-bond donors (Lipinski definition) is 0. The molecule has 25 heavy (non-hydrogen) atoms. The molecule has 0 unspecified atom stereocenters. The van der Waals surface area contributed by atoms with Crippen molar-refractivity contribution in [3.63, 3.8) is 0 Å². The molecule has 0 fully saturated rings. The van der Waals surface area contributed by atoms with E-state index in [1.54, 1.807) is 0 Å². The first-order chi connectivity index (χ1) is 11.7. The maximum absolute atomic E-state index is 12.2. The Labute approximate surface area is 149 Å². The largest absolute Gasteiger partial charge is 0.466 e. The summed E-state index contributed by atoms with van der Waals surface area (Å²) in [5.74, 6) is -1.61. The van der Waals surface area contributed by atoms with Crippen LogP contribution >= 0.6 is 0 Å². The maximum atomic E-state index is 12.2. The SMILES string of the molecule is COC(=O)/C=C(\C)C(=O)OC(=O)N(CCOC(C)C)CCOC(C)C. The van der Waals surface area contributed by atoms with E-state index in [0.29, 0.717) is 13.2 Å². The lowest BCUT2D eigenvalue weighted by Crippen LogP contribution is -2.39. The maximum Gasteiger partial charge on any atom is 0.417 e. The molecular formula is C17H29NO7. The molecule has 0 radical (unpaired) electrons. The van der Waals surface area contributed by atoms with Crippen molar-refractivity contribution >= 4 is 18.0 Å². The second kappa shape index (κ2) is 12.4. The summed E-state index contributed by atoms with van der Waals surface area (Å²) in [4.78, 5) is 36.5. The van der Waals surface area contributed by atoms with E-state index in [4.69, 9.17) is 14.2 Å². The third-order valence-electron chi connectivity index (χ3n) is 2.92. The number of amides is 1. The van der Waals surface area contributed by atoms with Crippen molar-refractivity contribution in [1.29, 1.82) is 0 Å². The zero-order valence-corrected chi connectivity index (χ0v) is 15.9. The summed E-state index contributed by atoms with van der Waals surface area (Å²) in [7, 11) is 1.19. The number of rotatable bonds is 10. The van der Waals surface area contributed by atoms with Crippen LogP contribution in [0.2, 0.25) is 0 Å². The van der Waals surface area contributed by atoms with Gasteiger partial charge in [0.05, 0.1) is 32.5 Å². The zero-order valence-electron chi connectivity index (χ0n) is 15.9. The van der Waals surface area contributed by atoms with E-state index in [-0.39, 0.29) is 30.9 Å². The Bertz CT molecular complexity index is 458. The first-order valence-electron chi connectivity index (χ1n) is 8.17. The van der Waals surface area contributed by atoms with Gasteiger partial charge in [-0.15, -0.1) is 0 Å². The van der Waals surface area contributed by atoms with Gasteiger partial charge in [0.2, 0.25) is 0 Å². The number of methoxy groups -OCH3 is 1. The first kappa shape index (κ1) is 23.1. The Morgan fingerprint density at radius 2 is 1.44 bits per heavy atom. The lowest BCUT2D eigenvalue weighted by atomic mass is 10.3. The van der Waals surface area contributed by atoms with Gasteiger partial charge in [-0.05, 0) is 34.6 Å². The minimum atomic E-state index is -0.907. The van der Waals surface area contributed by atoms with E-state index in [0.717, 1.165) is 6.08 Å². The van der Waals surface area contributed by atoms with Gasteiger partial charge in [-0.2, -0.15) is 0 Å². The molecule has 144 valence electrons. The first-order valence-corrected chi connectivity index (χ1v) is 8.17. The number of carbonyl (C=O) groups excluding carboxylic acids is 3. The van der Waals surface area contributed by atoms with Crippen LogP contribution in [-0.2, 0) is 28.5 Å². The van der Waals surface area contributed by atoms with Crippen molar-refractivity contribution in [1.82, 2.24) is 4.90 Å². The Morgan fingerprint density at radius 1 is 0.960 bits per heavy atom. The summed E-state index contributed by atoms with van der Waals surface area (Å²) in [6.45, 7) is 10.0. The van der Waals surface area contributed by atoms with Gasteiger partial charge >= 0.3 is 18.0 Å². The van der Waals surface area contributed by atoms with Crippen LogP contribution in [0.1, 0.15) is 34.6 Å². The van der Waals surface area contributed by atoms with Gasteiger partial charge < -0.3 is 23.8 Å². The highest BCUT2D eigenvalue weighted by Gasteiger charge is 2.20. The summed E-state index contributed by atoms with van der Waals surface area (Å²) < 4.78 is 20.1. The molecule has 0 aliphatic rings. The minimum absolute atomic E-state index is 0.0247. The highest BCUT2D eigenvalue weighted by molar-refractivity contribution is 5.99. The molecule has 0 aromatic rings. The van der Waals surface area contributed by atoms with Crippen LogP contribution < -0.4 is 0 Å². The van der Waals surface area contributed by atoms with E-state index >= 15 is 0 Å². The molecule has 0 saturated carbocycles. The highest BCUT2D eigenvalue weighted by atomic mass is 16.6. The molecule has 0 heterocycles. The fourth-order valence-corrected chi connectivity index (χ4v) is 1.61. The molecule has 0 aliphatic carbocycles. The summed E-state index contributed by atoms with van der Waals surface area (Å²) in [6, 6.07) is 0.